The Morgan fingerprint density at radius 1 is 1.00 bits per heavy atom. The van der Waals surface area contributed by atoms with E-state index in [9.17, 15) is 17.3 Å². The molecule has 0 aliphatic heterocycles. The first kappa shape index (κ1) is 15.3. The second kappa shape index (κ2) is 5.90. The maximum Gasteiger partial charge on any atom is 0.673 e. The Balaban J connectivity index is 0.000000312. The fourth-order valence-electron chi connectivity index (χ4n) is 2.01. The number of aromatic amines is 1. The zero-order valence-electron chi connectivity index (χ0n) is 10.9. The third kappa shape index (κ3) is 5.15. The van der Waals surface area contributed by atoms with Crippen molar-refractivity contribution in [2.45, 2.75) is 20.8 Å². The molecule has 1 heterocycles. The minimum Gasteiger partial charge on any atom is -0.418 e. The number of aryl methyl sites for hydroxylation is 3. The van der Waals surface area contributed by atoms with Crippen LogP contribution in [0.1, 0.15) is 16.7 Å². The molecule has 0 bridgehead atoms. The van der Waals surface area contributed by atoms with Crippen LogP contribution in [-0.2, 0) is 0 Å². The summed E-state index contributed by atoms with van der Waals surface area (Å²) in [6.07, 6.45) is 5.92. The van der Waals surface area contributed by atoms with Gasteiger partial charge in [-0.05, 0) is 31.9 Å². The molecule has 0 atom stereocenters. The van der Waals surface area contributed by atoms with Gasteiger partial charge in [0.1, 0.15) is 18.1 Å². The van der Waals surface area contributed by atoms with Crippen molar-refractivity contribution in [2.24, 2.45) is 0 Å². The van der Waals surface area contributed by atoms with E-state index in [0.29, 0.717) is 0 Å². The molecule has 0 radical (unpaired) electrons. The number of H-pyrrole nitrogens is 1. The van der Waals surface area contributed by atoms with E-state index in [1.54, 1.807) is 0 Å². The van der Waals surface area contributed by atoms with Gasteiger partial charge in [-0.3, -0.25) is 0 Å². The molecule has 0 saturated carbocycles. The smallest absolute Gasteiger partial charge is 0.418 e. The van der Waals surface area contributed by atoms with E-state index in [-0.39, 0.29) is 0 Å². The van der Waals surface area contributed by atoms with Crippen LogP contribution in [0.3, 0.4) is 0 Å². The molecule has 1 N–H and O–H groups in total. The van der Waals surface area contributed by atoms with Crippen molar-refractivity contribution < 1.29 is 21.8 Å². The van der Waals surface area contributed by atoms with Crippen LogP contribution in [0.4, 0.5) is 17.3 Å². The zero-order valence-corrected chi connectivity index (χ0v) is 10.9. The van der Waals surface area contributed by atoms with Crippen molar-refractivity contribution >= 4 is 7.25 Å². The van der Waals surface area contributed by atoms with Crippen LogP contribution in [0, 0.1) is 20.8 Å². The number of nitrogens with zero attached hydrogens (tertiary/aromatic N) is 1. The van der Waals surface area contributed by atoms with Crippen molar-refractivity contribution in [3.8, 4) is 5.69 Å². The maximum absolute atomic E-state index is 9.75. The number of rotatable bonds is 1. The van der Waals surface area contributed by atoms with Crippen LogP contribution in [0.25, 0.3) is 5.69 Å². The van der Waals surface area contributed by atoms with Crippen molar-refractivity contribution in [3.05, 3.63) is 47.5 Å². The average Bonchev–Trinajstić information content (AvgIpc) is 2.66. The standard InChI is InChI=1S/C12H14N2.BF4/c1-9-6-10(2)12(11(3)7-9)14-5-4-13-8-14;2-1(3,4)5/h4-8H,1-3H3;/q;-1/p+1. The Kier molecular flexibility index (Phi) is 4.75. The van der Waals surface area contributed by atoms with Gasteiger partial charge in [-0.15, -0.1) is 0 Å². The lowest BCUT2D eigenvalue weighted by molar-refractivity contribution is -0.595. The molecule has 2 rings (SSSR count). The van der Waals surface area contributed by atoms with E-state index in [2.05, 4.69) is 42.5 Å². The lowest BCUT2D eigenvalue weighted by Crippen LogP contribution is -2.29. The van der Waals surface area contributed by atoms with Crippen LogP contribution < -0.4 is 4.57 Å². The van der Waals surface area contributed by atoms with E-state index in [4.69, 9.17) is 0 Å². The first-order chi connectivity index (χ1) is 8.68. The molecular formula is C12H15BF4N2. The highest BCUT2D eigenvalue weighted by Crippen LogP contribution is 2.15. The normalized spacial score (nSPS) is 10.9. The summed E-state index contributed by atoms with van der Waals surface area (Å²) in [7, 11) is -6.00. The summed E-state index contributed by atoms with van der Waals surface area (Å²) in [5.41, 5.74) is 5.22. The van der Waals surface area contributed by atoms with E-state index in [1.165, 1.54) is 22.4 Å². The van der Waals surface area contributed by atoms with Gasteiger partial charge in [0.15, 0.2) is 0 Å². The lowest BCUT2D eigenvalue weighted by atomic mass is 10.1. The molecule has 1 aromatic carbocycles. The average molecular weight is 274 g/mol. The lowest BCUT2D eigenvalue weighted by Gasteiger charge is -2.06. The van der Waals surface area contributed by atoms with Crippen LogP contribution in [-0.4, -0.2) is 12.2 Å². The number of hydrogen-bond acceptors (Lipinski definition) is 0. The monoisotopic (exact) mass is 274 g/mol. The highest BCUT2D eigenvalue weighted by molar-refractivity contribution is 6.50. The summed E-state index contributed by atoms with van der Waals surface area (Å²) in [6.45, 7) is 6.43. The van der Waals surface area contributed by atoms with Gasteiger partial charge in [0.25, 0.3) is 0 Å². The van der Waals surface area contributed by atoms with Crippen molar-refractivity contribution in [3.63, 3.8) is 0 Å². The Morgan fingerprint density at radius 2 is 1.47 bits per heavy atom. The molecule has 7 heteroatoms. The van der Waals surface area contributed by atoms with Gasteiger partial charge in [-0.2, -0.15) is 0 Å². The first-order valence-corrected chi connectivity index (χ1v) is 5.68. The van der Waals surface area contributed by atoms with Gasteiger partial charge in [0.2, 0.25) is 6.33 Å². The zero-order chi connectivity index (χ0) is 14.6. The first-order valence-electron chi connectivity index (χ1n) is 5.68. The van der Waals surface area contributed by atoms with Crippen LogP contribution in [0.2, 0.25) is 0 Å². The van der Waals surface area contributed by atoms with Crippen molar-refractivity contribution in [1.82, 2.24) is 4.98 Å². The summed E-state index contributed by atoms with van der Waals surface area (Å²) in [5, 5.41) is 0. The molecule has 2 nitrogen and oxygen atoms in total. The predicted octanol–water partition coefficient (Wildman–Crippen LogP) is 3.52. The van der Waals surface area contributed by atoms with Gasteiger partial charge in [-0.25, -0.2) is 9.55 Å². The quantitative estimate of drug-likeness (QED) is 0.466. The van der Waals surface area contributed by atoms with Gasteiger partial charge >= 0.3 is 7.25 Å². The minimum atomic E-state index is -6.00. The Hall–Kier alpha value is -1.79. The van der Waals surface area contributed by atoms with E-state index in [1.807, 2.05) is 18.7 Å². The molecule has 104 valence electrons. The molecule has 0 aliphatic rings. The molecular weight excluding hydrogens is 259 g/mol. The summed E-state index contributed by atoms with van der Waals surface area (Å²) in [4.78, 5) is 3.06. The molecule has 0 amide bonds. The third-order valence-corrected chi connectivity index (χ3v) is 2.44. The fourth-order valence-corrected chi connectivity index (χ4v) is 2.01. The molecule has 0 spiro atoms. The summed E-state index contributed by atoms with van der Waals surface area (Å²) < 4.78 is 41.1. The molecule has 0 unspecified atom stereocenters. The molecule has 19 heavy (non-hydrogen) atoms. The Morgan fingerprint density at radius 3 is 1.84 bits per heavy atom. The van der Waals surface area contributed by atoms with Gasteiger partial charge in [-0.1, -0.05) is 17.7 Å². The van der Waals surface area contributed by atoms with Gasteiger partial charge < -0.3 is 17.3 Å². The maximum atomic E-state index is 9.75. The number of benzene rings is 1. The minimum absolute atomic E-state index is 1.27. The highest BCUT2D eigenvalue weighted by atomic mass is 19.5. The SMILES string of the molecule is Cc1cc(C)c(-[n+]2cc[nH]c2)c(C)c1.F[B-](F)(F)F. The largest absolute Gasteiger partial charge is 0.673 e. The summed E-state index contributed by atoms with van der Waals surface area (Å²) in [6, 6.07) is 4.42. The molecule has 0 saturated heterocycles. The second-order valence-corrected chi connectivity index (χ2v) is 4.26. The Bertz CT molecular complexity index is 506. The highest BCUT2D eigenvalue weighted by Gasteiger charge is 2.20. The van der Waals surface area contributed by atoms with E-state index < -0.39 is 7.25 Å². The molecule has 0 aliphatic carbocycles. The van der Waals surface area contributed by atoms with Gasteiger partial charge in [0.05, 0.1) is 0 Å². The van der Waals surface area contributed by atoms with E-state index >= 15 is 0 Å². The molecule has 1 aromatic heterocycles. The second-order valence-electron chi connectivity index (χ2n) is 4.26. The molecule has 0 fully saturated rings. The Labute approximate surface area is 109 Å². The third-order valence-electron chi connectivity index (χ3n) is 2.44. The van der Waals surface area contributed by atoms with Crippen LogP contribution in [0.15, 0.2) is 30.9 Å². The number of aromatic nitrogens is 2. The molecule has 2 aromatic rings. The van der Waals surface area contributed by atoms with Gasteiger partial charge in [0, 0.05) is 0 Å². The fraction of sp³-hybridized carbons (Fsp3) is 0.250. The van der Waals surface area contributed by atoms with Crippen molar-refractivity contribution in [2.75, 3.05) is 0 Å². The summed E-state index contributed by atoms with van der Waals surface area (Å²) >= 11 is 0. The number of nitrogens with one attached hydrogen (secondary N) is 1. The predicted molar refractivity (Wildman–Crippen MR) is 66.7 cm³/mol. The topological polar surface area (TPSA) is 19.7 Å². The van der Waals surface area contributed by atoms with Crippen LogP contribution in [0.5, 0.6) is 0 Å². The van der Waals surface area contributed by atoms with E-state index in [0.717, 1.165) is 0 Å². The van der Waals surface area contributed by atoms with Crippen molar-refractivity contribution in [1.29, 1.82) is 0 Å². The summed E-state index contributed by atoms with van der Waals surface area (Å²) in [5.74, 6) is 0. The van der Waals surface area contributed by atoms with Crippen LogP contribution >= 0.6 is 0 Å². The number of halogens is 4. The number of hydrogen-bond donors (Lipinski definition) is 1. The number of imidazole rings is 1.